The lowest BCUT2D eigenvalue weighted by Crippen LogP contribution is -2.34. The number of carbonyl (C=O) groups excluding carboxylic acids is 3. The number of benzene rings is 1. The van der Waals surface area contributed by atoms with Gasteiger partial charge in [-0.3, -0.25) is 4.79 Å². The summed E-state index contributed by atoms with van der Waals surface area (Å²) in [7, 11) is 1.20. The standard InChI is InChI=1S/C15H14Cl2N2O5/c1-23-13(20)5-12-14(21)19-7-9(6-18-12)24-15(22)10-3-2-8(16)4-11(10)17/h2-5,9,18H,6-7H2,1H3,(H,19,21). The number of carbonyl (C=O) groups is 3. The number of hydrogen-bond donors (Lipinski definition) is 2. The van der Waals surface area contributed by atoms with Crippen LogP contribution in [0.5, 0.6) is 0 Å². The third-order valence-electron chi connectivity index (χ3n) is 3.14. The number of halogens is 2. The van der Waals surface area contributed by atoms with Gasteiger partial charge in [-0.05, 0) is 18.2 Å². The molecule has 0 radical (unpaired) electrons. The van der Waals surface area contributed by atoms with Crippen molar-refractivity contribution in [3.8, 4) is 0 Å². The second-order valence-electron chi connectivity index (χ2n) is 4.82. The molecule has 2 N–H and O–H groups in total. The van der Waals surface area contributed by atoms with Crippen molar-refractivity contribution in [2.45, 2.75) is 6.10 Å². The molecule has 7 nitrogen and oxygen atoms in total. The van der Waals surface area contributed by atoms with E-state index in [4.69, 9.17) is 27.9 Å². The Labute approximate surface area is 147 Å². The van der Waals surface area contributed by atoms with Gasteiger partial charge >= 0.3 is 11.9 Å². The summed E-state index contributed by atoms with van der Waals surface area (Å²) in [5, 5.41) is 5.86. The van der Waals surface area contributed by atoms with Gasteiger partial charge in [0.25, 0.3) is 5.91 Å². The van der Waals surface area contributed by atoms with Crippen molar-refractivity contribution in [3.05, 3.63) is 45.6 Å². The Hall–Kier alpha value is -2.25. The maximum absolute atomic E-state index is 12.2. The van der Waals surface area contributed by atoms with Crippen LogP contribution in [0.1, 0.15) is 10.4 Å². The summed E-state index contributed by atoms with van der Waals surface area (Å²) < 4.78 is 9.79. The van der Waals surface area contributed by atoms with Crippen molar-refractivity contribution in [3.63, 3.8) is 0 Å². The SMILES string of the molecule is COC(=O)C=C1NCC(OC(=O)c2ccc(Cl)cc2Cl)CNC1=O. The molecular weight excluding hydrogens is 359 g/mol. The van der Waals surface area contributed by atoms with E-state index in [1.807, 2.05) is 0 Å². The van der Waals surface area contributed by atoms with E-state index in [1.54, 1.807) is 0 Å². The van der Waals surface area contributed by atoms with Gasteiger partial charge in [-0.15, -0.1) is 0 Å². The van der Waals surface area contributed by atoms with Crippen molar-refractivity contribution < 1.29 is 23.9 Å². The third-order valence-corrected chi connectivity index (χ3v) is 3.69. The van der Waals surface area contributed by atoms with E-state index in [2.05, 4.69) is 15.4 Å². The fourth-order valence-corrected chi connectivity index (χ4v) is 2.41. The number of esters is 2. The second kappa shape index (κ2) is 8.03. The summed E-state index contributed by atoms with van der Waals surface area (Å²) in [5.41, 5.74) is 0.201. The first-order valence-corrected chi connectivity index (χ1v) is 7.64. The highest BCUT2D eigenvalue weighted by molar-refractivity contribution is 6.36. The molecule has 0 bridgehead atoms. The van der Waals surface area contributed by atoms with Crippen LogP contribution in [-0.4, -0.2) is 44.1 Å². The molecule has 0 aromatic heterocycles. The molecule has 1 atom stereocenters. The zero-order chi connectivity index (χ0) is 17.7. The van der Waals surface area contributed by atoms with Crippen molar-refractivity contribution in [2.24, 2.45) is 0 Å². The molecule has 9 heteroatoms. The molecule has 1 amide bonds. The number of methoxy groups -OCH3 is 1. The summed E-state index contributed by atoms with van der Waals surface area (Å²) in [5.74, 6) is -1.81. The van der Waals surface area contributed by atoms with Gasteiger partial charge < -0.3 is 20.1 Å². The van der Waals surface area contributed by atoms with Crippen LogP contribution < -0.4 is 10.6 Å². The highest BCUT2D eigenvalue weighted by Crippen LogP contribution is 2.22. The smallest absolute Gasteiger partial charge is 0.340 e. The summed E-state index contributed by atoms with van der Waals surface area (Å²) in [6.45, 7) is 0.222. The van der Waals surface area contributed by atoms with Gasteiger partial charge in [0.2, 0.25) is 0 Å². The van der Waals surface area contributed by atoms with E-state index < -0.39 is 23.9 Å². The lowest BCUT2D eigenvalue weighted by atomic mass is 10.2. The molecule has 1 aromatic rings. The van der Waals surface area contributed by atoms with Gasteiger partial charge in [0.1, 0.15) is 11.8 Å². The molecule has 1 aliphatic heterocycles. The lowest BCUT2D eigenvalue weighted by Gasteiger charge is -2.16. The number of hydrogen-bond acceptors (Lipinski definition) is 6. The van der Waals surface area contributed by atoms with Crippen LogP contribution in [0.15, 0.2) is 30.0 Å². The normalized spacial score (nSPS) is 19.0. The Bertz CT molecular complexity index is 705. The van der Waals surface area contributed by atoms with Gasteiger partial charge in [0.15, 0.2) is 0 Å². The summed E-state index contributed by atoms with van der Waals surface area (Å²) in [4.78, 5) is 35.2. The molecule has 1 heterocycles. The predicted octanol–water partition coefficient (Wildman–Crippen LogP) is 1.30. The van der Waals surface area contributed by atoms with E-state index >= 15 is 0 Å². The first-order valence-electron chi connectivity index (χ1n) is 6.88. The number of rotatable bonds is 3. The van der Waals surface area contributed by atoms with Crippen LogP contribution in [0.25, 0.3) is 0 Å². The van der Waals surface area contributed by atoms with E-state index in [-0.39, 0.29) is 29.4 Å². The molecule has 128 valence electrons. The first-order chi connectivity index (χ1) is 11.4. The van der Waals surface area contributed by atoms with Crippen molar-refractivity contribution in [2.75, 3.05) is 20.2 Å². The molecule has 1 aliphatic rings. The number of ether oxygens (including phenoxy) is 2. The molecular formula is C15H14Cl2N2O5. The van der Waals surface area contributed by atoms with Gasteiger partial charge in [0, 0.05) is 5.02 Å². The zero-order valence-corrected chi connectivity index (χ0v) is 14.1. The average molecular weight is 373 g/mol. The monoisotopic (exact) mass is 372 g/mol. The Balaban J connectivity index is 2.04. The minimum atomic E-state index is -0.670. The summed E-state index contributed by atoms with van der Waals surface area (Å²) in [6, 6.07) is 4.41. The highest BCUT2D eigenvalue weighted by Gasteiger charge is 2.24. The number of amides is 1. The zero-order valence-electron chi connectivity index (χ0n) is 12.6. The molecule has 1 fully saturated rings. The minimum absolute atomic E-state index is 0.0323. The maximum atomic E-state index is 12.2. The highest BCUT2D eigenvalue weighted by atomic mass is 35.5. The molecule has 1 saturated heterocycles. The fraction of sp³-hybridized carbons (Fsp3) is 0.267. The lowest BCUT2D eigenvalue weighted by molar-refractivity contribution is -0.135. The molecule has 2 rings (SSSR count). The molecule has 0 saturated carbocycles. The van der Waals surface area contributed by atoms with Crippen molar-refractivity contribution in [1.29, 1.82) is 0 Å². The quantitative estimate of drug-likeness (QED) is 0.613. The van der Waals surface area contributed by atoms with Crippen molar-refractivity contribution in [1.82, 2.24) is 10.6 Å². The Morgan fingerprint density at radius 3 is 2.62 bits per heavy atom. The van der Waals surface area contributed by atoms with E-state index in [0.29, 0.717) is 5.02 Å². The Morgan fingerprint density at radius 1 is 1.25 bits per heavy atom. The fourth-order valence-electron chi connectivity index (χ4n) is 1.92. The van der Waals surface area contributed by atoms with E-state index in [1.165, 1.54) is 25.3 Å². The Morgan fingerprint density at radius 2 is 1.96 bits per heavy atom. The van der Waals surface area contributed by atoms with Gasteiger partial charge in [-0.25, -0.2) is 9.59 Å². The van der Waals surface area contributed by atoms with Gasteiger partial charge in [0.05, 0.1) is 36.9 Å². The molecule has 0 aliphatic carbocycles. The third kappa shape index (κ3) is 4.62. The average Bonchev–Trinajstić information content (AvgIpc) is 2.70. The largest absolute Gasteiger partial charge is 0.466 e. The van der Waals surface area contributed by atoms with Crippen LogP contribution in [0.2, 0.25) is 10.0 Å². The van der Waals surface area contributed by atoms with Gasteiger partial charge in [-0.2, -0.15) is 0 Å². The molecule has 24 heavy (non-hydrogen) atoms. The van der Waals surface area contributed by atoms with Crippen LogP contribution in [0.3, 0.4) is 0 Å². The van der Waals surface area contributed by atoms with Crippen LogP contribution >= 0.6 is 23.2 Å². The topological polar surface area (TPSA) is 93.7 Å². The van der Waals surface area contributed by atoms with Gasteiger partial charge in [-0.1, -0.05) is 23.2 Å². The Kier molecular flexibility index (Phi) is 6.05. The van der Waals surface area contributed by atoms with Crippen LogP contribution in [-0.2, 0) is 19.1 Å². The maximum Gasteiger partial charge on any atom is 0.340 e. The van der Waals surface area contributed by atoms with Crippen LogP contribution in [0.4, 0.5) is 0 Å². The number of nitrogens with one attached hydrogen (secondary N) is 2. The first kappa shape index (κ1) is 18.1. The molecule has 0 spiro atoms. The molecule has 1 unspecified atom stereocenters. The minimum Gasteiger partial charge on any atom is -0.466 e. The second-order valence-corrected chi connectivity index (χ2v) is 5.67. The van der Waals surface area contributed by atoms with Crippen LogP contribution in [0, 0.1) is 0 Å². The summed E-state index contributed by atoms with van der Waals surface area (Å²) >= 11 is 11.7. The van der Waals surface area contributed by atoms with E-state index in [9.17, 15) is 14.4 Å². The summed E-state index contributed by atoms with van der Waals surface area (Å²) in [6.07, 6.45) is 0.382. The van der Waals surface area contributed by atoms with E-state index in [0.717, 1.165) is 6.08 Å². The predicted molar refractivity (Wildman–Crippen MR) is 86.8 cm³/mol. The molecule has 1 aromatic carbocycles. The van der Waals surface area contributed by atoms with Crippen molar-refractivity contribution >= 4 is 41.0 Å².